The number of thioether (sulfide) groups is 1. The quantitative estimate of drug-likeness (QED) is 0.661. The third-order valence-corrected chi connectivity index (χ3v) is 5.82. The van der Waals surface area contributed by atoms with Crippen LogP contribution in [0.25, 0.3) is 6.08 Å². The van der Waals surface area contributed by atoms with Crippen LogP contribution >= 0.6 is 11.8 Å². The number of hydrazone groups is 1. The number of aliphatic imine (C=N–C) groups is 1. The number of rotatable bonds is 7. The van der Waals surface area contributed by atoms with E-state index in [4.69, 9.17) is 10.1 Å². The summed E-state index contributed by atoms with van der Waals surface area (Å²) in [6, 6.07) is 17.4. The second-order valence-electron chi connectivity index (χ2n) is 6.88. The molecule has 0 aromatic heterocycles. The highest BCUT2D eigenvalue weighted by atomic mass is 32.2. The van der Waals surface area contributed by atoms with Gasteiger partial charge in [-0.25, -0.2) is 0 Å². The molecule has 158 valence electrons. The monoisotopic (exact) mass is 433 g/mol. The van der Waals surface area contributed by atoms with Crippen LogP contribution in [-0.2, 0) is 4.79 Å². The van der Waals surface area contributed by atoms with Gasteiger partial charge >= 0.3 is 0 Å². The molecule has 2 aromatic carbocycles. The Kier molecular flexibility index (Phi) is 6.18. The summed E-state index contributed by atoms with van der Waals surface area (Å²) in [4.78, 5) is 19.0. The minimum atomic E-state index is -0.433. The summed E-state index contributed by atoms with van der Waals surface area (Å²) in [6.45, 7) is 6.34. The third kappa shape index (κ3) is 4.54. The van der Waals surface area contributed by atoms with Gasteiger partial charge in [-0.2, -0.15) is 15.1 Å². The Morgan fingerprint density at radius 3 is 2.48 bits per heavy atom. The average molecular weight is 434 g/mol. The number of hydrogen-bond acceptors (Lipinski definition) is 6. The molecule has 31 heavy (non-hydrogen) atoms. The maximum absolute atomic E-state index is 12.6. The Morgan fingerprint density at radius 1 is 1.10 bits per heavy atom. The van der Waals surface area contributed by atoms with E-state index in [1.165, 1.54) is 16.8 Å². The fourth-order valence-corrected chi connectivity index (χ4v) is 4.09. The molecule has 0 saturated heterocycles. The van der Waals surface area contributed by atoms with Crippen LogP contribution in [0.3, 0.4) is 0 Å². The fourth-order valence-electron chi connectivity index (χ4n) is 3.29. The molecule has 4 rings (SSSR count). The van der Waals surface area contributed by atoms with Gasteiger partial charge in [0.15, 0.2) is 5.84 Å². The molecule has 0 atom stereocenters. The van der Waals surface area contributed by atoms with E-state index in [2.05, 4.69) is 28.8 Å². The number of nitrogens with one attached hydrogen (secondary N) is 1. The number of carbonyl (C=O) groups excluding carboxylic acids is 1. The molecule has 0 radical (unpaired) electrons. The topological polar surface area (TPSA) is 81.3 Å². The number of fused-ring (bicyclic) bond motifs is 1. The second kappa shape index (κ2) is 9.18. The van der Waals surface area contributed by atoms with Gasteiger partial charge in [-0.1, -0.05) is 30.3 Å². The van der Waals surface area contributed by atoms with E-state index in [1.807, 2.05) is 54.6 Å². The zero-order valence-electron chi connectivity index (χ0n) is 17.4. The van der Waals surface area contributed by atoms with Crippen LogP contribution in [0.5, 0.6) is 5.75 Å². The van der Waals surface area contributed by atoms with Crippen molar-refractivity contribution in [3.05, 3.63) is 65.7 Å². The molecule has 0 saturated carbocycles. The lowest BCUT2D eigenvalue weighted by atomic mass is 10.1. The molecule has 0 fully saturated rings. The Hall–Kier alpha value is -3.39. The Morgan fingerprint density at radius 2 is 1.81 bits per heavy atom. The van der Waals surface area contributed by atoms with Gasteiger partial charge in [0.2, 0.25) is 5.17 Å². The van der Waals surface area contributed by atoms with Crippen LogP contribution < -0.4 is 9.64 Å². The van der Waals surface area contributed by atoms with Gasteiger partial charge in [-0.3, -0.25) is 10.2 Å². The normalized spacial score (nSPS) is 16.8. The predicted octanol–water partition coefficient (Wildman–Crippen LogP) is 4.23. The number of amidine groups is 2. The van der Waals surface area contributed by atoms with Crippen molar-refractivity contribution in [2.75, 3.05) is 24.6 Å². The van der Waals surface area contributed by atoms with Gasteiger partial charge in [0.05, 0.1) is 5.57 Å². The number of nitrogens with zero attached hydrogens (tertiary/aromatic N) is 4. The van der Waals surface area contributed by atoms with Crippen LogP contribution in [0.4, 0.5) is 5.69 Å². The van der Waals surface area contributed by atoms with Crippen LogP contribution in [0.1, 0.15) is 19.4 Å². The summed E-state index contributed by atoms with van der Waals surface area (Å²) < 4.78 is 5.72. The first kappa shape index (κ1) is 20.9. The smallest absolute Gasteiger partial charge is 0.283 e. The van der Waals surface area contributed by atoms with Crippen molar-refractivity contribution >= 4 is 45.5 Å². The van der Waals surface area contributed by atoms with Crippen molar-refractivity contribution in [3.8, 4) is 5.75 Å². The first-order valence-corrected chi connectivity index (χ1v) is 10.9. The van der Waals surface area contributed by atoms with E-state index in [9.17, 15) is 4.79 Å². The Labute approximate surface area is 185 Å². The van der Waals surface area contributed by atoms with Crippen LogP contribution in [0.15, 0.2) is 70.3 Å². The van der Waals surface area contributed by atoms with E-state index in [1.54, 1.807) is 6.08 Å². The lowest BCUT2D eigenvalue weighted by molar-refractivity contribution is -0.114. The zero-order chi connectivity index (χ0) is 21.8. The molecule has 2 aliphatic rings. The molecule has 1 amide bonds. The number of anilines is 1. The Balaban J connectivity index is 1.50. The molecule has 0 aliphatic carbocycles. The van der Waals surface area contributed by atoms with Crippen molar-refractivity contribution in [1.82, 2.24) is 5.01 Å². The van der Waals surface area contributed by atoms with Gasteiger partial charge in [-0.05, 0) is 61.5 Å². The summed E-state index contributed by atoms with van der Waals surface area (Å²) in [5.41, 5.74) is 2.18. The first-order chi connectivity index (χ1) is 15.1. The minimum absolute atomic E-state index is 0.0185. The van der Waals surface area contributed by atoms with E-state index in [-0.39, 0.29) is 18.0 Å². The van der Waals surface area contributed by atoms with Crippen molar-refractivity contribution < 1.29 is 9.53 Å². The standard InChI is InChI=1S/C23H23N5O2S/c1-3-27(4-2)17-12-10-16(11-13-17)14-19-21(24)28-23(25-22(19)29)31-20(26-28)15-30-18-8-6-5-7-9-18/h5-14,24H,3-4,15H2,1-2H3/b19-14-,24-21?. The summed E-state index contributed by atoms with van der Waals surface area (Å²) >= 11 is 1.25. The molecular weight excluding hydrogens is 410 g/mol. The molecule has 2 aliphatic heterocycles. The molecule has 2 aromatic rings. The van der Waals surface area contributed by atoms with Crippen LogP contribution in [0.2, 0.25) is 0 Å². The minimum Gasteiger partial charge on any atom is -0.487 e. The van der Waals surface area contributed by atoms with E-state index < -0.39 is 5.91 Å². The number of carbonyl (C=O) groups is 1. The van der Waals surface area contributed by atoms with E-state index >= 15 is 0 Å². The second-order valence-corrected chi connectivity index (χ2v) is 7.92. The maximum Gasteiger partial charge on any atom is 0.283 e. The van der Waals surface area contributed by atoms with Gasteiger partial charge in [0, 0.05) is 18.8 Å². The molecule has 0 spiro atoms. The highest BCUT2D eigenvalue weighted by Gasteiger charge is 2.35. The molecule has 0 unspecified atom stereocenters. The summed E-state index contributed by atoms with van der Waals surface area (Å²) in [7, 11) is 0. The summed E-state index contributed by atoms with van der Waals surface area (Å²) in [6.07, 6.45) is 1.69. The van der Waals surface area contributed by atoms with Crippen molar-refractivity contribution in [2.45, 2.75) is 13.8 Å². The molecule has 7 nitrogen and oxygen atoms in total. The average Bonchev–Trinajstić information content (AvgIpc) is 3.21. The van der Waals surface area contributed by atoms with Crippen LogP contribution in [0, 0.1) is 5.41 Å². The largest absolute Gasteiger partial charge is 0.487 e. The molecule has 8 heteroatoms. The first-order valence-electron chi connectivity index (χ1n) is 10.1. The van der Waals surface area contributed by atoms with E-state index in [0.29, 0.717) is 10.2 Å². The molecule has 2 heterocycles. The number of benzene rings is 2. The lowest BCUT2D eigenvalue weighted by Crippen LogP contribution is -2.35. The zero-order valence-corrected chi connectivity index (χ0v) is 18.2. The summed E-state index contributed by atoms with van der Waals surface area (Å²) in [5.74, 6) is 0.319. The van der Waals surface area contributed by atoms with Gasteiger partial charge < -0.3 is 9.64 Å². The van der Waals surface area contributed by atoms with Gasteiger partial charge in [0.1, 0.15) is 17.4 Å². The number of para-hydroxylation sites is 1. The number of ether oxygens (including phenoxy) is 1. The number of amides is 1. The molecular formula is C23H23N5O2S. The van der Waals surface area contributed by atoms with E-state index in [0.717, 1.165) is 30.1 Å². The predicted molar refractivity (Wildman–Crippen MR) is 127 cm³/mol. The summed E-state index contributed by atoms with van der Waals surface area (Å²) in [5, 5.41) is 15.3. The number of hydrogen-bond donors (Lipinski definition) is 1. The van der Waals surface area contributed by atoms with Gasteiger partial charge in [0.25, 0.3) is 5.91 Å². The van der Waals surface area contributed by atoms with Crippen molar-refractivity contribution in [1.29, 1.82) is 5.41 Å². The maximum atomic E-state index is 12.6. The van der Waals surface area contributed by atoms with Crippen molar-refractivity contribution in [2.24, 2.45) is 10.1 Å². The molecule has 1 N–H and O–H groups in total. The third-order valence-electron chi connectivity index (χ3n) is 4.93. The lowest BCUT2D eigenvalue weighted by Gasteiger charge is -2.21. The SMILES string of the molecule is CCN(CC)c1ccc(/C=C2/C(=N)N3N=C(COc4ccccc4)SC3=NC2=O)cc1. The fraction of sp³-hybridized carbons (Fsp3) is 0.217. The van der Waals surface area contributed by atoms with Crippen LogP contribution in [-0.4, -0.2) is 46.7 Å². The van der Waals surface area contributed by atoms with Crippen molar-refractivity contribution in [3.63, 3.8) is 0 Å². The molecule has 0 bridgehead atoms. The highest BCUT2D eigenvalue weighted by Crippen LogP contribution is 2.29. The van der Waals surface area contributed by atoms with Gasteiger partial charge in [-0.15, -0.1) is 0 Å². The highest BCUT2D eigenvalue weighted by molar-refractivity contribution is 8.27. The Bertz CT molecular complexity index is 1070.